The number of anilines is 1. The summed E-state index contributed by atoms with van der Waals surface area (Å²) < 4.78 is 30.6. The van der Waals surface area contributed by atoms with Gasteiger partial charge in [-0.3, -0.25) is 14.2 Å². The molecule has 0 bridgehead atoms. The molecule has 4 aromatic rings. The third kappa shape index (κ3) is 2.63. The Morgan fingerprint density at radius 1 is 1.03 bits per heavy atom. The predicted octanol–water partition coefficient (Wildman–Crippen LogP) is 3.94. The van der Waals surface area contributed by atoms with Crippen molar-refractivity contribution in [1.29, 1.82) is 0 Å². The predicted molar refractivity (Wildman–Crippen MR) is 105 cm³/mol. The molecule has 29 heavy (non-hydrogen) atoms. The lowest BCUT2D eigenvalue weighted by Gasteiger charge is -2.32. The van der Waals surface area contributed by atoms with Crippen LogP contribution in [0.3, 0.4) is 0 Å². The third-order valence-electron chi connectivity index (χ3n) is 5.38. The zero-order valence-electron chi connectivity index (χ0n) is 15.8. The Hall–Kier alpha value is -3.55. The number of hydrogen-bond donors (Lipinski definition) is 0. The number of halogens is 2. The van der Waals surface area contributed by atoms with Crippen molar-refractivity contribution in [1.82, 2.24) is 19.6 Å². The number of nitrogens with zero attached hydrogens (tertiary/aromatic N) is 5. The van der Waals surface area contributed by atoms with Crippen molar-refractivity contribution >= 4 is 22.5 Å². The zero-order chi connectivity index (χ0) is 20.3. The van der Waals surface area contributed by atoms with Gasteiger partial charge in [-0.1, -0.05) is 12.1 Å². The summed E-state index contributed by atoms with van der Waals surface area (Å²) in [4.78, 5) is 14.8. The summed E-state index contributed by atoms with van der Waals surface area (Å²) in [6.45, 7) is 2.25. The molecule has 1 aliphatic heterocycles. The normalized spacial score (nSPS) is 16.5. The number of carbonyl (C=O) groups is 1. The molecule has 2 aromatic carbocycles. The van der Waals surface area contributed by atoms with Crippen LogP contribution in [0.4, 0.5) is 14.5 Å². The van der Waals surface area contributed by atoms with Crippen LogP contribution in [0.1, 0.15) is 23.5 Å². The van der Waals surface area contributed by atoms with Crippen LogP contribution in [-0.2, 0) is 7.05 Å². The van der Waals surface area contributed by atoms with Gasteiger partial charge < -0.3 is 4.90 Å². The van der Waals surface area contributed by atoms with E-state index in [1.807, 2.05) is 32.2 Å². The first kappa shape index (κ1) is 17.5. The Labute approximate surface area is 165 Å². The number of fused-ring (bicyclic) bond motifs is 2. The van der Waals surface area contributed by atoms with E-state index in [-0.39, 0.29) is 11.9 Å². The highest BCUT2D eigenvalue weighted by Crippen LogP contribution is 2.34. The molecule has 0 N–H and O–H groups in total. The van der Waals surface area contributed by atoms with Crippen molar-refractivity contribution in [2.75, 3.05) is 11.4 Å². The quantitative estimate of drug-likeness (QED) is 0.518. The number of rotatable bonds is 2. The fourth-order valence-corrected chi connectivity index (χ4v) is 3.86. The van der Waals surface area contributed by atoms with Gasteiger partial charge in [-0.15, -0.1) is 0 Å². The molecule has 6 nitrogen and oxygen atoms in total. The third-order valence-corrected chi connectivity index (χ3v) is 5.38. The van der Waals surface area contributed by atoms with Gasteiger partial charge in [0.05, 0.1) is 24.0 Å². The number of carbonyl (C=O) groups excluding carboxylic acids is 1. The Kier molecular flexibility index (Phi) is 3.77. The van der Waals surface area contributed by atoms with Gasteiger partial charge in [0.15, 0.2) is 11.6 Å². The average Bonchev–Trinajstić information content (AvgIpc) is 3.31. The van der Waals surface area contributed by atoms with Gasteiger partial charge in [-0.05, 0) is 30.7 Å². The minimum Gasteiger partial charge on any atom is -0.305 e. The summed E-state index contributed by atoms with van der Waals surface area (Å²) in [5.74, 6) is -2.22. The number of aryl methyl sites for hydroxylation is 1. The smallest absolute Gasteiger partial charge is 0.277 e. The van der Waals surface area contributed by atoms with E-state index in [2.05, 4.69) is 10.2 Å². The maximum absolute atomic E-state index is 13.8. The van der Waals surface area contributed by atoms with Crippen LogP contribution in [0.15, 0.2) is 48.8 Å². The van der Waals surface area contributed by atoms with E-state index in [1.54, 1.807) is 21.8 Å². The van der Waals surface area contributed by atoms with Gasteiger partial charge in [-0.25, -0.2) is 8.78 Å². The molecule has 146 valence electrons. The Morgan fingerprint density at radius 3 is 2.66 bits per heavy atom. The second kappa shape index (κ2) is 6.23. The van der Waals surface area contributed by atoms with Gasteiger partial charge in [0.1, 0.15) is 5.69 Å². The first-order valence-electron chi connectivity index (χ1n) is 9.20. The highest BCUT2D eigenvalue weighted by molar-refractivity contribution is 6.10. The Morgan fingerprint density at radius 2 is 1.86 bits per heavy atom. The standard InChI is InChI=1S/C21H17F2N5O/c1-12-11-27(15-5-6-17(22)18(23)8-15)21(29)20-16(10-25-28(12)20)13-3-4-14-9-24-26(2)19(14)7-13/h3-10,12H,11H2,1-2H3/t12-/m0/s1. The van der Waals surface area contributed by atoms with Crippen LogP contribution in [-0.4, -0.2) is 32.0 Å². The molecular formula is C21H17F2N5O. The van der Waals surface area contributed by atoms with Gasteiger partial charge in [-0.2, -0.15) is 10.2 Å². The molecule has 1 atom stereocenters. The average molecular weight is 393 g/mol. The zero-order valence-corrected chi connectivity index (χ0v) is 15.8. The lowest BCUT2D eigenvalue weighted by Crippen LogP contribution is -2.42. The lowest BCUT2D eigenvalue weighted by atomic mass is 10.0. The summed E-state index contributed by atoms with van der Waals surface area (Å²) in [5.41, 5.74) is 3.22. The highest BCUT2D eigenvalue weighted by atomic mass is 19.2. The summed E-state index contributed by atoms with van der Waals surface area (Å²) in [5, 5.41) is 9.68. The minimum absolute atomic E-state index is 0.120. The second-order valence-corrected chi connectivity index (χ2v) is 7.26. The molecule has 8 heteroatoms. The SMILES string of the molecule is C[C@H]1CN(c2ccc(F)c(F)c2)C(=O)c2c(-c3ccc4cnn(C)c4c3)cnn21. The van der Waals surface area contributed by atoms with Crippen LogP contribution in [0.25, 0.3) is 22.0 Å². The number of aromatic nitrogens is 4. The maximum atomic E-state index is 13.8. The van der Waals surface area contributed by atoms with Gasteiger partial charge in [0.2, 0.25) is 0 Å². The summed E-state index contributed by atoms with van der Waals surface area (Å²) in [6.07, 6.45) is 3.46. The van der Waals surface area contributed by atoms with E-state index >= 15 is 0 Å². The molecule has 0 saturated carbocycles. The maximum Gasteiger partial charge on any atom is 0.277 e. The van der Waals surface area contributed by atoms with Crippen LogP contribution in [0.5, 0.6) is 0 Å². The molecular weight excluding hydrogens is 376 g/mol. The highest BCUT2D eigenvalue weighted by Gasteiger charge is 2.34. The number of amides is 1. The van der Waals surface area contributed by atoms with E-state index < -0.39 is 11.6 Å². The number of hydrogen-bond acceptors (Lipinski definition) is 3. The van der Waals surface area contributed by atoms with E-state index in [0.717, 1.165) is 28.6 Å². The van der Waals surface area contributed by atoms with Crippen molar-refractivity contribution in [2.24, 2.45) is 7.05 Å². The molecule has 1 aliphatic rings. The van der Waals surface area contributed by atoms with Crippen molar-refractivity contribution in [2.45, 2.75) is 13.0 Å². The first-order valence-corrected chi connectivity index (χ1v) is 9.20. The first-order chi connectivity index (χ1) is 13.9. The van der Waals surface area contributed by atoms with Gasteiger partial charge in [0, 0.05) is 36.3 Å². The molecule has 0 spiro atoms. The topological polar surface area (TPSA) is 56.0 Å². The summed E-state index contributed by atoms with van der Waals surface area (Å²) in [7, 11) is 1.86. The van der Waals surface area contributed by atoms with Crippen molar-refractivity contribution < 1.29 is 13.6 Å². The molecule has 5 rings (SSSR count). The molecule has 2 aromatic heterocycles. The van der Waals surface area contributed by atoms with Gasteiger partial charge >= 0.3 is 0 Å². The minimum atomic E-state index is -0.982. The van der Waals surface area contributed by atoms with E-state index in [9.17, 15) is 13.6 Å². The van der Waals surface area contributed by atoms with E-state index in [1.165, 1.54) is 11.0 Å². The monoisotopic (exact) mass is 393 g/mol. The molecule has 0 saturated heterocycles. The molecule has 0 aliphatic carbocycles. The van der Waals surface area contributed by atoms with E-state index in [0.29, 0.717) is 23.5 Å². The fraction of sp³-hybridized carbons (Fsp3) is 0.190. The van der Waals surface area contributed by atoms with Crippen LogP contribution >= 0.6 is 0 Å². The summed E-state index contributed by atoms with van der Waals surface area (Å²) in [6, 6.07) is 9.22. The van der Waals surface area contributed by atoms with Crippen LogP contribution in [0.2, 0.25) is 0 Å². The van der Waals surface area contributed by atoms with Crippen molar-refractivity contribution in [3.63, 3.8) is 0 Å². The summed E-state index contributed by atoms with van der Waals surface area (Å²) >= 11 is 0. The molecule has 3 heterocycles. The fourth-order valence-electron chi connectivity index (χ4n) is 3.86. The Balaban J connectivity index is 1.63. The molecule has 0 radical (unpaired) electrons. The molecule has 0 unspecified atom stereocenters. The second-order valence-electron chi connectivity index (χ2n) is 7.26. The van der Waals surface area contributed by atoms with Gasteiger partial charge in [0.25, 0.3) is 5.91 Å². The molecule has 0 fully saturated rings. The lowest BCUT2D eigenvalue weighted by molar-refractivity contribution is 0.0954. The van der Waals surface area contributed by atoms with Crippen LogP contribution in [0, 0.1) is 11.6 Å². The van der Waals surface area contributed by atoms with Crippen LogP contribution < -0.4 is 4.90 Å². The Bertz CT molecular complexity index is 1280. The van der Waals surface area contributed by atoms with Crippen molar-refractivity contribution in [3.8, 4) is 11.1 Å². The molecule has 1 amide bonds. The number of benzene rings is 2. The van der Waals surface area contributed by atoms with Crippen molar-refractivity contribution in [3.05, 3.63) is 66.1 Å². The largest absolute Gasteiger partial charge is 0.305 e. The van der Waals surface area contributed by atoms with E-state index in [4.69, 9.17) is 0 Å².